The standard InChI is InChI=1S/C12H15BrO/c1-2-11(13)12(14)9-8-10-6-4-3-5-7-10/h2-7,11-12,14H,1,8-9H2/t11-,12+/m1/s1. The van der Waals surface area contributed by atoms with Gasteiger partial charge in [0, 0.05) is 0 Å². The molecule has 0 amide bonds. The van der Waals surface area contributed by atoms with Crippen LogP contribution in [0.25, 0.3) is 0 Å². The number of halogens is 1. The molecule has 76 valence electrons. The molecule has 2 heteroatoms. The van der Waals surface area contributed by atoms with Gasteiger partial charge >= 0.3 is 0 Å². The number of alkyl halides is 1. The minimum atomic E-state index is -0.354. The van der Waals surface area contributed by atoms with Gasteiger partial charge in [0.25, 0.3) is 0 Å². The van der Waals surface area contributed by atoms with Gasteiger partial charge in [0.2, 0.25) is 0 Å². The number of hydrogen-bond acceptors (Lipinski definition) is 1. The van der Waals surface area contributed by atoms with Crippen molar-refractivity contribution in [3.63, 3.8) is 0 Å². The predicted molar refractivity (Wildman–Crippen MR) is 63.7 cm³/mol. The van der Waals surface area contributed by atoms with Crippen LogP contribution in [0.2, 0.25) is 0 Å². The van der Waals surface area contributed by atoms with E-state index in [2.05, 4.69) is 34.6 Å². The van der Waals surface area contributed by atoms with Crippen LogP contribution in [0.4, 0.5) is 0 Å². The van der Waals surface area contributed by atoms with Crippen LogP contribution < -0.4 is 0 Å². The summed E-state index contributed by atoms with van der Waals surface area (Å²) in [5.41, 5.74) is 1.26. The molecule has 0 fully saturated rings. The Bertz CT molecular complexity index is 271. The molecule has 1 aromatic carbocycles. The Morgan fingerprint density at radius 1 is 1.36 bits per heavy atom. The summed E-state index contributed by atoms with van der Waals surface area (Å²) in [4.78, 5) is -0.00814. The van der Waals surface area contributed by atoms with Gasteiger partial charge in [-0.2, -0.15) is 0 Å². The molecule has 2 atom stereocenters. The Kier molecular flexibility index (Phi) is 4.91. The normalized spacial score (nSPS) is 14.7. The molecule has 0 aliphatic rings. The van der Waals surface area contributed by atoms with Gasteiger partial charge in [-0.25, -0.2) is 0 Å². The second-order valence-corrected chi connectivity index (χ2v) is 4.33. The van der Waals surface area contributed by atoms with Crippen LogP contribution >= 0.6 is 15.9 Å². The summed E-state index contributed by atoms with van der Waals surface area (Å²) in [5, 5.41) is 9.66. The van der Waals surface area contributed by atoms with Gasteiger partial charge in [-0.05, 0) is 18.4 Å². The highest BCUT2D eigenvalue weighted by molar-refractivity contribution is 9.09. The zero-order valence-electron chi connectivity index (χ0n) is 8.07. The lowest BCUT2D eigenvalue weighted by Gasteiger charge is -2.13. The molecule has 0 radical (unpaired) electrons. The summed E-state index contributed by atoms with van der Waals surface area (Å²) < 4.78 is 0. The average Bonchev–Trinajstić information content (AvgIpc) is 2.26. The van der Waals surface area contributed by atoms with Crippen molar-refractivity contribution in [3.8, 4) is 0 Å². The Morgan fingerprint density at radius 2 is 2.00 bits per heavy atom. The van der Waals surface area contributed by atoms with E-state index in [0.29, 0.717) is 0 Å². The van der Waals surface area contributed by atoms with Gasteiger partial charge in [0.1, 0.15) is 0 Å². The lowest BCUT2D eigenvalue weighted by atomic mass is 10.1. The zero-order chi connectivity index (χ0) is 10.4. The molecule has 0 bridgehead atoms. The van der Waals surface area contributed by atoms with E-state index in [-0.39, 0.29) is 10.9 Å². The number of rotatable bonds is 5. The van der Waals surface area contributed by atoms with E-state index >= 15 is 0 Å². The SMILES string of the molecule is C=C[C@@H](Br)[C@@H](O)CCc1ccccc1. The summed E-state index contributed by atoms with van der Waals surface area (Å²) in [7, 11) is 0. The Labute approximate surface area is 93.6 Å². The molecule has 0 aliphatic heterocycles. The van der Waals surface area contributed by atoms with Crippen LogP contribution in [0.3, 0.4) is 0 Å². The van der Waals surface area contributed by atoms with Crippen LogP contribution in [0.1, 0.15) is 12.0 Å². The van der Waals surface area contributed by atoms with Crippen molar-refractivity contribution in [1.29, 1.82) is 0 Å². The molecule has 0 saturated heterocycles. The van der Waals surface area contributed by atoms with Gasteiger partial charge in [0.15, 0.2) is 0 Å². The van der Waals surface area contributed by atoms with Crippen LogP contribution in [0, 0.1) is 0 Å². The predicted octanol–water partition coefficient (Wildman–Crippen LogP) is 2.93. The monoisotopic (exact) mass is 254 g/mol. The topological polar surface area (TPSA) is 20.2 Å². The molecule has 1 nitrogen and oxygen atoms in total. The summed E-state index contributed by atoms with van der Waals surface area (Å²) in [6.45, 7) is 3.63. The highest BCUT2D eigenvalue weighted by Crippen LogP contribution is 2.13. The van der Waals surface area contributed by atoms with Gasteiger partial charge in [0.05, 0.1) is 10.9 Å². The van der Waals surface area contributed by atoms with E-state index < -0.39 is 0 Å². The highest BCUT2D eigenvalue weighted by Gasteiger charge is 2.11. The van der Waals surface area contributed by atoms with Crippen molar-refractivity contribution in [3.05, 3.63) is 48.6 Å². The van der Waals surface area contributed by atoms with E-state index in [1.54, 1.807) is 6.08 Å². The van der Waals surface area contributed by atoms with Crippen molar-refractivity contribution in [1.82, 2.24) is 0 Å². The number of aryl methyl sites for hydroxylation is 1. The van der Waals surface area contributed by atoms with Crippen molar-refractivity contribution < 1.29 is 5.11 Å². The quantitative estimate of drug-likeness (QED) is 0.633. The maximum absolute atomic E-state index is 9.66. The number of benzene rings is 1. The second-order valence-electron chi connectivity index (χ2n) is 3.27. The number of aliphatic hydroxyl groups is 1. The third kappa shape index (κ3) is 3.64. The molecule has 14 heavy (non-hydrogen) atoms. The van der Waals surface area contributed by atoms with Crippen LogP contribution in [-0.4, -0.2) is 16.0 Å². The fourth-order valence-electron chi connectivity index (χ4n) is 1.28. The fourth-order valence-corrected chi connectivity index (χ4v) is 1.54. The van der Waals surface area contributed by atoms with Crippen LogP contribution in [0.15, 0.2) is 43.0 Å². The molecule has 0 aliphatic carbocycles. The highest BCUT2D eigenvalue weighted by atomic mass is 79.9. The van der Waals surface area contributed by atoms with Crippen LogP contribution in [0.5, 0.6) is 0 Å². The minimum Gasteiger partial charge on any atom is -0.392 e. The molecular formula is C12H15BrO. The lowest BCUT2D eigenvalue weighted by Crippen LogP contribution is -2.18. The van der Waals surface area contributed by atoms with Gasteiger partial charge in [-0.15, -0.1) is 6.58 Å². The summed E-state index contributed by atoms with van der Waals surface area (Å²) in [5.74, 6) is 0. The maximum atomic E-state index is 9.66. The Morgan fingerprint density at radius 3 is 2.57 bits per heavy atom. The first kappa shape index (κ1) is 11.5. The largest absolute Gasteiger partial charge is 0.392 e. The molecule has 0 spiro atoms. The van der Waals surface area contributed by atoms with Crippen molar-refractivity contribution >= 4 is 15.9 Å². The van der Waals surface area contributed by atoms with Crippen molar-refractivity contribution in [2.75, 3.05) is 0 Å². The summed E-state index contributed by atoms with van der Waals surface area (Å²) in [6, 6.07) is 10.2. The molecule has 0 unspecified atom stereocenters. The summed E-state index contributed by atoms with van der Waals surface area (Å²) in [6.07, 6.45) is 3.02. The summed E-state index contributed by atoms with van der Waals surface area (Å²) >= 11 is 3.35. The Balaban J connectivity index is 2.37. The van der Waals surface area contributed by atoms with E-state index in [9.17, 15) is 5.11 Å². The number of aliphatic hydroxyl groups excluding tert-OH is 1. The van der Waals surface area contributed by atoms with E-state index in [4.69, 9.17) is 0 Å². The lowest BCUT2D eigenvalue weighted by molar-refractivity contribution is 0.175. The molecule has 1 aromatic rings. The maximum Gasteiger partial charge on any atom is 0.0703 e. The first-order chi connectivity index (χ1) is 6.74. The second kappa shape index (κ2) is 5.99. The Hall–Kier alpha value is -0.600. The molecule has 0 heterocycles. The average molecular weight is 255 g/mol. The van der Waals surface area contributed by atoms with E-state index in [1.165, 1.54) is 5.56 Å². The van der Waals surface area contributed by atoms with Gasteiger partial charge in [-0.1, -0.05) is 52.3 Å². The van der Waals surface area contributed by atoms with Crippen molar-refractivity contribution in [2.24, 2.45) is 0 Å². The smallest absolute Gasteiger partial charge is 0.0703 e. The number of hydrogen-bond donors (Lipinski definition) is 1. The molecule has 0 aromatic heterocycles. The van der Waals surface area contributed by atoms with E-state index in [1.807, 2.05) is 18.2 Å². The molecule has 1 rings (SSSR count). The van der Waals surface area contributed by atoms with Crippen molar-refractivity contribution in [2.45, 2.75) is 23.8 Å². The van der Waals surface area contributed by atoms with Gasteiger partial charge in [-0.3, -0.25) is 0 Å². The molecule has 1 N–H and O–H groups in total. The first-order valence-electron chi connectivity index (χ1n) is 4.72. The molecular weight excluding hydrogens is 240 g/mol. The van der Waals surface area contributed by atoms with Gasteiger partial charge < -0.3 is 5.11 Å². The molecule has 0 saturated carbocycles. The first-order valence-corrected chi connectivity index (χ1v) is 5.64. The zero-order valence-corrected chi connectivity index (χ0v) is 9.65. The van der Waals surface area contributed by atoms with Crippen LogP contribution in [-0.2, 0) is 6.42 Å². The van der Waals surface area contributed by atoms with E-state index in [0.717, 1.165) is 12.8 Å². The third-order valence-corrected chi connectivity index (χ3v) is 3.15. The fraction of sp³-hybridized carbons (Fsp3) is 0.333. The minimum absolute atomic E-state index is 0.00814. The third-order valence-electron chi connectivity index (χ3n) is 2.16.